The van der Waals surface area contributed by atoms with E-state index in [0.717, 1.165) is 25.2 Å². The van der Waals surface area contributed by atoms with Gasteiger partial charge in [-0.1, -0.05) is 38.1 Å². The van der Waals surface area contributed by atoms with Gasteiger partial charge in [0.1, 0.15) is 6.79 Å². The third-order valence-corrected chi connectivity index (χ3v) is 7.65. The zero-order valence-corrected chi connectivity index (χ0v) is 24.2. The van der Waals surface area contributed by atoms with E-state index in [2.05, 4.69) is 27.8 Å². The lowest BCUT2D eigenvalue weighted by atomic mass is 9.93. The molecule has 0 aromatic heterocycles. The minimum absolute atomic E-state index is 0.161. The van der Waals surface area contributed by atoms with E-state index >= 15 is 0 Å². The van der Waals surface area contributed by atoms with Crippen LogP contribution < -0.4 is 5.32 Å². The smallest absolute Gasteiger partial charge is 0.416 e. The third-order valence-electron chi connectivity index (χ3n) is 7.65. The summed E-state index contributed by atoms with van der Waals surface area (Å²) in [4.78, 5) is 21.6. The van der Waals surface area contributed by atoms with Gasteiger partial charge in [0.25, 0.3) is 0 Å². The molecule has 5 rings (SSSR count). The van der Waals surface area contributed by atoms with Gasteiger partial charge >= 0.3 is 12.1 Å². The number of nitrogens with zero attached hydrogens (tertiary/aromatic N) is 1. The van der Waals surface area contributed by atoms with Gasteiger partial charge in [-0.05, 0) is 99.5 Å². The minimum atomic E-state index is -4.23. The topological polar surface area (TPSA) is 58.6 Å². The van der Waals surface area contributed by atoms with E-state index in [9.17, 15) is 18.0 Å². The lowest BCUT2D eigenvalue weighted by molar-refractivity contribution is -0.137. The highest BCUT2D eigenvalue weighted by molar-refractivity contribution is 5.89. The Morgan fingerprint density at radius 1 is 0.925 bits per heavy atom. The van der Waals surface area contributed by atoms with Crippen molar-refractivity contribution >= 4 is 12.8 Å². The summed E-state index contributed by atoms with van der Waals surface area (Å²) < 4.78 is 42.0. The maximum Gasteiger partial charge on any atom is 0.416 e. The van der Waals surface area contributed by atoms with Crippen molar-refractivity contribution in [1.29, 1.82) is 0 Å². The first-order valence-electron chi connectivity index (χ1n) is 13.6. The van der Waals surface area contributed by atoms with Crippen LogP contribution in [-0.2, 0) is 27.8 Å². The number of methoxy groups -OCH3 is 1. The zero-order valence-electron chi connectivity index (χ0n) is 24.2. The van der Waals surface area contributed by atoms with E-state index < -0.39 is 11.7 Å². The number of rotatable bonds is 5. The summed E-state index contributed by atoms with van der Waals surface area (Å²) in [6.45, 7) is 8.94. The minimum Gasteiger partial charge on any atom is -0.465 e. The molecule has 8 heteroatoms. The van der Waals surface area contributed by atoms with Crippen LogP contribution in [0.4, 0.5) is 13.2 Å². The average molecular weight is 561 g/mol. The Hall–Kier alpha value is -3.15. The van der Waals surface area contributed by atoms with Gasteiger partial charge in [-0.15, -0.1) is 12.8 Å². The number of esters is 1. The van der Waals surface area contributed by atoms with E-state index in [-0.39, 0.29) is 11.5 Å². The first kappa shape index (κ1) is 34.9. The molecule has 40 heavy (non-hydrogen) atoms. The highest BCUT2D eigenvalue weighted by Crippen LogP contribution is 2.53. The molecule has 1 saturated heterocycles. The van der Waals surface area contributed by atoms with Crippen LogP contribution in [0.2, 0.25) is 0 Å². The lowest BCUT2D eigenvalue weighted by Crippen LogP contribution is -2.33. The van der Waals surface area contributed by atoms with Gasteiger partial charge in [-0.25, -0.2) is 4.79 Å². The fraction of sp³-hybridized carbons (Fsp3) is 0.500. The summed E-state index contributed by atoms with van der Waals surface area (Å²) in [7, 11) is 3.37. The van der Waals surface area contributed by atoms with Gasteiger partial charge in [0.15, 0.2) is 0 Å². The van der Waals surface area contributed by atoms with E-state index in [4.69, 9.17) is 4.79 Å². The number of halogens is 3. The monoisotopic (exact) mass is 560 g/mol. The second-order valence-electron chi connectivity index (χ2n) is 9.87. The summed E-state index contributed by atoms with van der Waals surface area (Å²) in [6, 6.07) is 13.2. The molecule has 0 radical (unpaired) electrons. The number of hydrogen-bond donors (Lipinski definition) is 1. The number of carbonyl (C=O) groups excluding carboxylic acids is 2. The Bertz CT molecular complexity index is 1030. The lowest BCUT2D eigenvalue weighted by Gasteiger charge is -2.32. The van der Waals surface area contributed by atoms with Crippen molar-refractivity contribution in [1.82, 2.24) is 10.2 Å². The van der Waals surface area contributed by atoms with Gasteiger partial charge in [-0.3, -0.25) is 4.90 Å². The summed E-state index contributed by atoms with van der Waals surface area (Å²) in [5.74, 6) is -0.282. The van der Waals surface area contributed by atoms with Crippen molar-refractivity contribution in [2.45, 2.75) is 70.6 Å². The first-order valence-corrected chi connectivity index (χ1v) is 13.6. The first-order chi connectivity index (χ1) is 19.2. The van der Waals surface area contributed by atoms with Crippen LogP contribution in [0.1, 0.15) is 79.4 Å². The maximum absolute atomic E-state index is 12.5. The fourth-order valence-electron chi connectivity index (χ4n) is 4.77. The Morgan fingerprint density at radius 2 is 1.43 bits per heavy atom. The second kappa shape index (κ2) is 16.2. The number of nitrogens with one attached hydrogen (secondary N) is 1. The molecule has 1 aliphatic heterocycles. The molecule has 220 valence electrons. The number of benzene rings is 2. The van der Waals surface area contributed by atoms with Crippen molar-refractivity contribution in [2.24, 2.45) is 5.41 Å². The maximum atomic E-state index is 12.5. The number of alkyl halides is 3. The molecular weight excluding hydrogens is 517 g/mol. The molecule has 3 aliphatic rings. The van der Waals surface area contributed by atoms with Gasteiger partial charge < -0.3 is 14.8 Å². The highest BCUT2D eigenvalue weighted by Gasteiger charge is 2.44. The van der Waals surface area contributed by atoms with E-state index in [1.54, 1.807) is 12.1 Å². The van der Waals surface area contributed by atoms with Crippen LogP contribution >= 0.6 is 0 Å². The molecule has 0 bridgehead atoms. The van der Waals surface area contributed by atoms with Crippen LogP contribution in [0.3, 0.4) is 0 Å². The van der Waals surface area contributed by atoms with E-state index in [1.165, 1.54) is 63.3 Å². The summed E-state index contributed by atoms with van der Waals surface area (Å²) >= 11 is 0. The van der Waals surface area contributed by atoms with Crippen LogP contribution in [0.25, 0.3) is 0 Å². The Labute approximate surface area is 237 Å². The SMILES string of the molecule is C#C.C=O.CC.CNC1(c2ccc(C(=O)OC)cc2)CC1.FC(F)(F)c1ccc(CN2CCC3(CC2)CC3)cc1. The van der Waals surface area contributed by atoms with Crippen molar-refractivity contribution in [2.75, 3.05) is 27.2 Å². The van der Waals surface area contributed by atoms with Crippen LogP contribution in [0.15, 0.2) is 48.5 Å². The third kappa shape index (κ3) is 9.79. The van der Waals surface area contributed by atoms with Gasteiger partial charge in [0.05, 0.1) is 18.2 Å². The van der Waals surface area contributed by atoms with Crippen LogP contribution in [0.5, 0.6) is 0 Å². The highest BCUT2D eigenvalue weighted by atomic mass is 19.4. The number of terminal acetylenes is 1. The number of hydrogen-bond acceptors (Lipinski definition) is 5. The summed E-state index contributed by atoms with van der Waals surface area (Å²) in [5.41, 5.74) is 3.07. The fourth-order valence-corrected chi connectivity index (χ4v) is 4.77. The summed E-state index contributed by atoms with van der Waals surface area (Å²) in [5, 5.41) is 3.32. The largest absolute Gasteiger partial charge is 0.465 e. The second-order valence-corrected chi connectivity index (χ2v) is 9.87. The Kier molecular flexibility index (Phi) is 14.1. The quantitative estimate of drug-likeness (QED) is 0.320. The molecule has 0 amide bonds. The van der Waals surface area contributed by atoms with Crippen LogP contribution in [0, 0.1) is 18.3 Å². The number of piperidine rings is 1. The molecule has 1 N–H and O–H groups in total. The normalized spacial score (nSPS) is 17.5. The van der Waals surface area contributed by atoms with Crippen molar-refractivity contribution in [3.05, 3.63) is 70.8 Å². The molecule has 0 atom stereocenters. The Balaban J connectivity index is 0.000000344. The Morgan fingerprint density at radius 3 is 1.80 bits per heavy atom. The van der Waals surface area contributed by atoms with Gasteiger partial charge in [0, 0.05) is 12.1 Å². The molecule has 2 aromatic rings. The summed E-state index contributed by atoms with van der Waals surface area (Å²) in [6.07, 6.45) is 11.4. The molecule has 1 spiro atoms. The van der Waals surface area contributed by atoms with Crippen molar-refractivity contribution < 1.29 is 27.5 Å². The molecule has 0 unspecified atom stereocenters. The molecule has 2 aliphatic carbocycles. The molecule has 1 heterocycles. The number of carbonyl (C=O) groups is 2. The molecule has 3 fully saturated rings. The molecule has 2 saturated carbocycles. The molecule has 2 aromatic carbocycles. The number of ether oxygens (including phenoxy) is 1. The van der Waals surface area contributed by atoms with Crippen molar-refractivity contribution in [3.63, 3.8) is 0 Å². The zero-order chi connectivity index (χ0) is 30.4. The average Bonchev–Trinajstić information content (AvgIpc) is 3.95. The van der Waals surface area contributed by atoms with Gasteiger partial charge in [-0.2, -0.15) is 13.2 Å². The van der Waals surface area contributed by atoms with E-state index in [1.807, 2.05) is 51.9 Å². The molecular formula is C32H43F3N2O3. The van der Waals surface area contributed by atoms with Gasteiger partial charge in [0.2, 0.25) is 0 Å². The molecule has 5 nitrogen and oxygen atoms in total. The van der Waals surface area contributed by atoms with Crippen LogP contribution in [-0.4, -0.2) is 44.9 Å². The predicted octanol–water partition coefficient (Wildman–Crippen LogP) is 6.85. The predicted molar refractivity (Wildman–Crippen MR) is 154 cm³/mol. The van der Waals surface area contributed by atoms with E-state index in [0.29, 0.717) is 11.0 Å². The standard InChI is InChI=1S/C15H18F3N.C12H15NO2.C2H6.C2H2.CH2O/c16-15(17,18)13-3-1-12(2-4-13)11-19-9-7-14(5-6-14)8-10-19;1-13-12(7-8-12)10-5-3-9(4-6-10)11(14)15-2;3*1-2/h1-4H,5-11H2;3-6,13H,7-8H2,1-2H3;1-2H3;1-2H;1H2. The van der Waals surface area contributed by atoms with Crippen molar-refractivity contribution in [3.8, 4) is 12.8 Å². The number of likely N-dealkylation sites (tertiary alicyclic amines) is 1.